The topological polar surface area (TPSA) is 26.0 Å². The minimum Gasteiger partial charge on any atom is -0.317 e. The Kier molecular flexibility index (Phi) is 2.97. The fourth-order valence-electron chi connectivity index (χ4n) is 0.902. The molecule has 0 spiro atoms. The molecule has 1 nitrogen and oxygen atoms in total. The summed E-state index contributed by atoms with van der Waals surface area (Å²) in [5.74, 6) is 0. The van der Waals surface area contributed by atoms with Crippen molar-refractivity contribution in [3.8, 4) is 0 Å². The molecule has 0 bridgehead atoms. The van der Waals surface area contributed by atoms with E-state index < -0.39 is 11.7 Å². The molecule has 0 saturated carbocycles. The minimum atomic E-state index is -4.27. The van der Waals surface area contributed by atoms with Gasteiger partial charge in [-0.25, -0.2) is 0 Å². The third-order valence-corrected chi connectivity index (χ3v) is 1.70. The van der Waals surface area contributed by atoms with Crippen LogP contribution in [0.2, 0.25) is 0 Å². The average Bonchev–Trinajstić information content (AvgIpc) is 2.13. The second-order valence-electron chi connectivity index (χ2n) is 2.53. The summed E-state index contributed by atoms with van der Waals surface area (Å²) in [7, 11) is 0. The first-order valence-corrected chi connectivity index (χ1v) is 2.96. The van der Waals surface area contributed by atoms with Crippen LogP contribution in [0.5, 0.6) is 0 Å². The summed E-state index contributed by atoms with van der Waals surface area (Å²) in [6.07, 6.45) is -1.51. The fourth-order valence-corrected chi connectivity index (χ4v) is 0.902. The normalized spacial score (nSPS) is 21.5. The average molecular weight is 188 g/mol. The summed E-state index contributed by atoms with van der Waals surface area (Å²) >= 11 is 0. The zero-order valence-electron chi connectivity index (χ0n) is 5.69. The molecule has 1 aliphatic carbocycles. The first-order valence-electron chi connectivity index (χ1n) is 2.96. The molecular weight excluding hydrogens is 179 g/mol. The second-order valence-corrected chi connectivity index (χ2v) is 2.53. The van der Waals surface area contributed by atoms with Gasteiger partial charge in [-0.1, -0.05) is 12.2 Å². The SMILES string of the molecule is Cl.NC1(C(F)(F)F)CC=CC1. The van der Waals surface area contributed by atoms with Crippen molar-refractivity contribution in [1.29, 1.82) is 0 Å². The van der Waals surface area contributed by atoms with Crippen molar-refractivity contribution in [3.63, 3.8) is 0 Å². The van der Waals surface area contributed by atoms with Gasteiger partial charge in [0, 0.05) is 0 Å². The number of alkyl halides is 3. The van der Waals surface area contributed by atoms with Gasteiger partial charge in [0.05, 0.1) is 0 Å². The smallest absolute Gasteiger partial charge is 0.317 e. The van der Waals surface area contributed by atoms with Crippen LogP contribution >= 0.6 is 12.4 Å². The molecule has 0 saturated heterocycles. The molecule has 0 heterocycles. The van der Waals surface area contributed by atoms with E-state index in [-0.39, 0.29) is 25.2 Å². The molecule has 5 heteroatoms. The summed E-state index contributed by atoms with van der Waals surface area (Å²) in [5.41, 5.74) is 3.07. The van der Waals surface area contributed by atoms with Crippen LogP contribution in [0.1, 0.15) is 12.8 Å². The maximum Gasteiger partial charge on any atom is 0.406 e. The molecule has 11 heavy (non-hydrogen) atoms. The van der Waals surface area contributed by atoms with Gasteiger partial charge in [-0.05, 0) is 12.8 Å². The lowest BCUT2D eigenvalue weighted by Crippen LogP contribution is -2.51. The first kappa shape index (κ1) is 10.8. The molecule has 0 amide bonds. The van der Waals surface area contributed by atoms with Gasteiger partial charge in [-0.3, -0.25) is 0 Å². The summed E-state index contributed by atoms with van der Waals surface area (Å²) in [6, 6.07) is 0. The van der Waals surface area contributed by atoms with Crippen molar-refractivity contribution >= 4 is 12.4 Å². The van der Waals surface area contributed by atoms with Crippen molar-refractivity contribution in [3.05, 3.63) is 12.2 Å². The van der Waals surface area contributed by atoms with E-state index in [0.29, 0.717) is 0 Å². The summed E-state index contributed by atoms with van der Waals surface area (Å²) < 4.78 is 35.9. The van der Waals surface area contributed by atoms with E-state index in [1.165, 1.54) is 12.2 Å². The fraction of sp³-hybridized carbons (Fsp3) is 0.667. The second kappa shape index (κ2) is 3.03. The molecule has 0 aromatic heterocycles. The molecular formula is C6H9ClF3N. The lowest BCUT2D eigenvalue weighted by Gasteiger charge is -2.26. The van der Waals surface area contributed by atoms with Gasteiger partial charge in [0.2, 0.25) is 0 Å². The van der Waals surface area contributed by atoms with Gasteiger partial charge < -0.3 is 5.73 Å². The minimum absolute atomic E-state index is 0. The van der Waals surface area contributed by atoms with Crippen LogP contribution in [-0.4, -0.2) is 11.7 Å². The van der Waals surface area contributed by atoms with Gasteiger partial charge >= 0.3 is 6.18 Å². The van der Waals surface area contributed by atoms with E-state index in [1.54, 1.807) is 0 Å². The maximum atomic E-state index is 12.0. The zero-order valence-corrected chi connectivity index (χ0v) is 6.50. The Morgan fingerprint density at radius 3 is 1.73 bits per heavy atom. The number of rotatable bonds is 0. The Morgan fingerprint density at radius 1 is 1.18 bits per heavy atom. The number of halogens is 4. The standard InChI is InChI=1S/C6H8F3N.ClH/c7-6(8,9)5(10)3-1-2-4-5;/h1-2H,3-4,10H2;1H. The number of hydrogen-bond donors (Lipinski definition) is 1. The van der Waals surface area contributed by atoms with Crippen LogP contribution < -0.4 is 5.73 Å². The number of hydrogen-bond acceptors (Lipinski definition) is 1. The molecule has 0 atom stereocenters. The molecule has 0 aliphatic heterocycles. The van der Waals surface area contributed by atoms with E-state index in [9.17, 15) is 13.2 Å². The highest BCUT2D eigenvalue weighted by molar-refractivity contribution is 5.85. The Morgan fingerprint density at radius 2 is 1.55 bits per heavy atom. The predicted molar refractivity (Wildman–Crippen MR) is 38.6 cm³/mol. The van der Waals surface area contributed by atoms with Crippen LogP contribution in [0.25, 0.3) is 0 Å². The van der Waals surface area contributed by atoms with Crippen LogP contribution in [0.3, 0.4) is 0 Å². The summed E-state index contributed by atoms with van der Waals surface area (Å²) in [5, 5.41) is 0. The predicted octanol–water partition coefficient (Wildman–Crippen LogP) is 2.02. The lowest BCUT2D eigenvalue weighted by molar-refractivity contribution is -0.182. The Labute approximate surface area is 68.9 Å². The maximum absolute atomic E-state index is 12.0. The molecule has 0 unspecified atom stereocenters. The van der Waals surface area contributed by atoms with Crippen molar-refractivity contribution in [2.24, 2.45) is 5.73 Å². The molecule has 1 aliphatic rings. The van der Waals surface area contributed by atoms with E-state index in [0.717, 1.165) is 0 Å². The van der Waals surface area contributed by atoms with E-state index in [2.05, 4.69) is 0 Å². The molecule has 66 valence electrons. The quantitative estimate of drug-likeness (QED) is 0.577. The van der Waals surface area contributed by atoms with Gasteiger partial charge in [0.1, 0.15) is 5.54 Å². The zero-order chi connectivity index (χ0) is 7.83. The molecule has 0 fully saturated rings. The Bertz CT molecular complexity index is 156. The number of nitrogens with two attached hydrogens (primary N) is 1. The summed E-state index contributed by atoms with van der Waals surface area (Å²) in [6.45, 7) is 0. The van der Waals surface area contributed by atoms with Crippen LogP contribution in [0.4, 0.5) is 13.2 Å². The lowest BCUT2D eigenvalue weighted by atomic mass is 9.98. The Hall–Kier alpha value is -0.220. The van der Waals surface area contributed by atoms with E-state index in [1.807, 2.05) is 0 Å². The van der Waals surface area contributed by atoms with Crippen molar-refractivity contribution in [2.45, 2.75) is 24.6 Å². The molecule has 2 N–H and O–H groups in total. The van der Waals surface area contributed by atoms with Gasteiger partial charge in [-0.15, -0.1) is 12.4 Å². The van der Waals surface area contributed by atoms with Crippen LogP contribution in [0, 0.1) is 0 Å². The highest BCUT2D eigenvalue weighted by Crippen LogP contribution is 2.37. The molecule has 1 rings (SSSR count). The molecule has 0 radical (unpaired) electrons. The third kappa shape index (κ3) is 1.87. The van der Waals surface area contributed by atoms with Crippen LogP contribution in [-0.2, 0) is 0 Å². The van der Waals surface area contributed by atoms with Crippen molar-refractivity contribution < 1.29 is 13.2 Å². The Balaban J connectivity index is 0.000001000. The highest BCUT2D eigenvalue weighted by atomic mass is 35.5. The summed E-state index contributed by atoms with van der Waals surface area (Å²) in [4.78, 5) is 0. The highest BCUT2D eigenvalue weighted by Gasteiger charge is 2.51. The van der Waals surface area contributed by atoms with Gasteiger partial charge in [-0.2, -0.15) is 13.2 Å². The first-order chi connectivity index (χ1) is 4.46. The molecule has 0 aromatic carbocycles. The van der Waals surface area contributed by atoms with Crippen LogP contribution in [0.15, 0.2) is 12.2 Å². The van der Waals surface area contributed by atoms with E-state index in [4.69, 9.17) is 5.73 Å². The van der Waals surface area contributed by atoms with Crippen molar-refractivity contribution in [2.75, 3.05) is 0 Å². The largest absolute Gasteiger partial charge is 0.406 e. The van der Waals surface area contributed by atoms with E-state index >= 15 is 0 Å². The monoisotopic (exact) mass is 187 g/mol. The third-order valence-electron chi connectivity index (χ3n) is 1.70. The van der Waals surface area contributed by atoms with Crippen molar-refractivity contribution in [1.82, 2.24) is 0 Å². The van der Waals surface area contributed by atoms with Gasteiger partial charge in [0.15, 0.2) is 0 Å². The molecule has 0 aromatic rings. The van der Waals surface area contributed by atoms with Gasteiger partial charge in [0.25, 0.3) is 0 Å².